The van der Waals surface area contributed by atoms with Crippen LogP contribution in [0.3, 0.4) is 0 Å². The number of hydrogen-bond acceptors (Lipinski definition) is 2. The fraction of sp³-hybridized carbons (Fsp3) is 0.647. The number of nitrogens with zero attached hydrogens (tertiary/aromatic N) is 2. The molecule has 0 aromatic carbocycles. The first-order chi connectivity index (χ1) is 10.3. The monoisotopic (exact) mass is 318 g/mol. The van der Waals surface area contributed by atoms with E-state index in [1.54, 1.807) is 7.05 Å². The summed E-state index contributed by atoms with van der Waals surface area (Å²) >= 11 is 0. The van der Waals surface area contributed by atoms with Gasteiger partial charge < -0.3 is 4.90 Å². The van der Waals surface area contributed by atoms with Crippen molar-refractivity contribution in [3.63, 3.8) is 0 Å². The van der Waals surface area contributed by atoms with E-state index in [0.29, 0.717) is 0 Å². The zero-order valence-electron chi connectivity index (χ0n) is 14.2. The molecule has 0 aromatic heterocycles. The van der Waals surface area contributed by atoms with Crippen LogP contribution in [0.15, 0.2) is 37.0 Å². The van der Waals surface area contributed by atoms with Crippen LogP contribution in [0, 0.1) is 0 Å². The second-order valence-corrected chi connectivity index (χ2v) is 5.25. The summed E-state index contributed by atoms with van der Waals surface area (Å²) in [7, 11) is 3.54. The molecule has 0 aliphatic carbocycles. The molecule has 1 aliphatic heterocycles. The van der Waals surface area contributed by atoms with Crippen LogP contribution in [-0.4, -0.2) is 55.2 Å². The molecular formula is C17H29F3N2. The van der Waals surface area contributed by atoms with Crippen LogP contribution in [0.1, 0.15) is 26.7 Å². The quantitative estimate of drug-likeness (QED) is 0.699. The van der Waals surface area contributed by atoms with Crippen molar-refractivity contribution in [1.82, 2.24) is 9.80 Å². The van der Waals surface area contributed by atoms with E-state index >= 15 is 0 Å². The smallest absolute Gasteiger partial charge is 0.306 e. The molecule has 1 saturated heterocycles. The third-order valence-electron chi connectivity index (χ3n) is 3.84. The van der Waals surface area contributed by atoms with E-state index in [1.807, 2.05) is 20.9 Å². The van der Waals surface area contributed by atoms with Gasteiger partial charge in [0.2, 0.25) is 0 Å². The van der Waals surface area contributed by atoms with Gasteiger partial charge >= 0.3 is 6.18 Å². The van der Waals surface area contributed by atoms with Gasteiger partial charge in [-0.05, 0) is 45.6 Å². The molecule has 1 aliphatic rings. The minimum Gasteiger partial charge on any atom is -0.306 e. The lowest BCUT2D eigenvalue weighted by Gasteiger charge is -2.40. The summed E-state index contributed by atoms with van der Waals surface area (Å²) in [6, 6.07) is -1.68. The normalized spacial score (nSPS) is 19.4. The van der Waals surface area contributed by atoms with E-state index in [0.717, 1.165) is 25.9 Å². The number of halogens is 3. The fourth-order valence-electron chi connectivity index (χ4n) is 2.67. The Morgan fingerprint density at radius 3 is 2.09 bits per heavy atom. The predicted octanol–water partition coefficient (Wildman–Crippen LogP) is 4.27. The van der Waals surface area contributed by atoms with Gasteiger partial charge in [-0.15, -0.1) is 0 Å². The van der Waals surface area contributed by atoms with E-state index in [1.165, 1.54) is 23.1 Å². The second-order valence-electron chi connectivity index (χ2n) is 5.25. The first kappa shape index (κ1) is 20.9. The molecule has 0 bridgehead atoms. The van der Waals surface area contributed by atoms with Crippen molar-refractivity contribution in [2.45, 2.75) is 44.9 Å². The number of piperidine rings is 1. The molecule has 0 radical (unpaired) electrons. The van der Waals surface area contributed by atoms with Gasteiger partial charge in [-0.2, -0.15) is 13.2 Å². The Kier molecular flexibility index (Phi) is 9.37. The van der Waals surface area contributed by atoms with Gasteiger partial charge in [0.1, 0.15) is 6.04 Å². The van der Waals surface area contributed by atoms with E-state index in [4.69, 9.17) is 0 Å². The van der Waals surface area contributed by atoms with Gasteiger partial charge in [0.25, 0.3) is 0 Å². The molecule has 5 heteroatoms. The van der Waals surface area contributed by atoms with Gasteiger partial charge in [0.05, 0.1) is 0 Å². The number of rotatable bonds is 5. The van der Waals surface area contributed by atoms with Crippen molar-refractivity contribution in [2.24, 2.45) is 0 Å². The Morgan fingerprint density at radius 1 is 1.23 bits per heavy atom. The molecule has 0 saturated carbocycles. The van der Waals surface area contributed by atoms with Gasteiger partial charge in [0, 0.05) is 6.04 Å². The third-order valence-corrected chi connectivity index (χ3v) is 3.84. The Labute approximate surface area is 133 Å². The molecule has 1 atom stereocenters. The van der Waals surface area contributed by atoms with Crippen molar-refractivity contribution in [3.05, 3.63) is 37.0 Å². The number of hydrogen-bond donors (Lipinski definition) is 0. The minimum atomic E-state index is -4.32. The largest absolute Gasteiger partial charge is 0.408 e. The van der Waals surface area contributed by atoms with Crippen LogP contribution in [0.5, 0.6) is 0 Å². The SMILES string of the molecule is C=C/C=C(\C=C)C(N(C)C1CCN(C)CC1)C(F)(F)F.CC. The maximum Gasteiger partial charge on any atom is 0.408 e. The predicted molar refractivity (Wildman–Crippen MR) is 88.0 cm³/mol. The summed E-state index contributed by atoms with van der Waals surface area (Å²) in [4.78, 5) is 3.57. The molecular weight excluding hydrogens is 289 g/mol. The van der Waals surface area contributed by atoms with Gasteiger partial charge in [-0.1, -0.05) is 45.2 Å². The molecule has 22 heavy (non-hydrogen) atoms. The average Bonchev–Trinajstić information content (AvgIpc) is 2.48. The Balaban J connectivity index is 0.00000211. The maximum atomic E-state index is 13.4. The average molecular weight is 318 g/mol. The van der Waals surface area contributed by atoms with Gasteiger partial charge in [0.15, 0.2) is 0 Å². The van der Waals surface area contributed by atoms with Crippen LogP contribution in [0.2, 0.25) is 0 Å². The highest BCUT2D eigenvalue weighted by molar-refractivity contribution is 5.28. The number of likely N-dealkylation sites (N-methyl/N-ethyl adjacent to an activating group) is 1. The summed E-state index contributed by atoms with van der Waals surface area (Å²) in [5.41, 5.74) is 0.147. The highest BCUT2D eigenvalue weighted by Crippen LogP contribution is 2.33. The first-order valence-electron chi connectivity index (χ1n) is 7.73. The lowest BCUT2D eigenvalue weighted by molar-refractivity contribution is -0.175. The molecule has 0 spiro atoms. The number of likely N-dealkylation sites (tertiary alicyclic amines) is 1. The minimum absolute atomic E-state index is 0.0639. The number of allylic oxidation sites excluding steroid dienone is 2. The molecule has 0 N–H and O–H groups in total. The van der Waals surface area contributed by atoms with Crippen LogP contribution in [-0.2, 0) is 0 Å². The van der Waals surface area contributed by atoms with Crippen LogP contribution in [0.25, 0.3) is 0 Å². The van der Waals surface area contributed by atoms with E-state index in [-0.39, 0.29) is 11.6 Å². The maximum absolute atomic E-state index is 13.4. The van der Waals surface area contributed by atoms with E-state index in [2.05, 4.69) is 18.1 Å². The molecule has 1 unspecified atom stereocenters. The number of alkyl halides is 3. The van der Waals surface area contributed by atoms with Crippen molar-refractivity contribution >= 4 is 0 Å². The Bertz CT molecular complexity index is 367. The van der Waals surface area contributed by atoms with Crippen LogP contribution in [0.4, 0.5) is 13.2 Å². The summed E-state index contributed by atoms with van der Waals surface area (Å²) in [6.07, 6.45) is 1.21. The summed E-state index contributed by atoms with van der Waals surface area (Å²) < 4.78 is 40.2. The molecule has 0 aromatic rings. The zero-order chi connectivity index (χ0) is 17.3. The van der Waals surface area contributed by atoms with Gasteiger partial charge in [-0.3, -0.25) is 4.90 Å². The lowest BCUT2D eigenvalue weighted by atomic mass is 9.98. The molecule has 1 rings (SSSR count). The second kappa shape index (κ2) is 9.85. The summed E-state index contributed by atoms with van der Waals surface area (Å²) in [5.74, 6) is 0. The Hall–Kier alpha value is -1.07. The first-order valence-corrected chi connectivity index (χ1v) is 7.73. The van der Waals surface area contributed by atoms with Crippen molar-refractivity contribution in [2.75, 3.05) is 27.2 Å². The molecule has 2 nitrogen and oxygen atoms in total. The highest BCUT2D eigenvalue weighted by Gasteiger charge is 2.45. The third kappa shape index (κ3) is 5.97. The van der Waals surface area contributed by atoms with Crippen molar-refractivity contribution < 1.29 is 13.2 Å². The van der Waals surface area contributed by atoms with Crippen LogP contribution < -0.4 is 0 Å². The van der Waals surface area contributed by atoms with Crippen LogP contribution >= 0.6 is 0 Å². The van der Waals surface area contributed by atoms with E-state index in [9.17, 15) is 13.2 Å². The molecule has 128 valence electrons. The van der Waals surface area contributed by atoms with E-state index < -0.39 is 12.2 Å². The van der Waals surface area contributed by atoms with Crippen molar-refractivity contribution in [3.8, 4) is 0 Å². The topological polar surface area (TPSA) is 6.48 Å². The standard InChI is InChI=1S/C15H23F3N2.C2H6/c1-5-7-12(6-2)14(15(16,17)18)20(4)13-8-10-19(3)11-9-13;1-2/h5-7,13-14H,1-2,8-11H2,3-4H3;1-2H3/b12-7+;. The zero-order valence-corrected chi connectivity index (χ0v) is 14.2. The fourth-order valence-corrected chi connectivity index (χ4v) is 2.67. The molecule has 1 fully saturated rings. The van der Waals surface area contributed by atoms with Gasteiger partial charge in [-0.25, -0.2) is 0 Å². The lowest BCUT2D eigenvalue weighted by Crippen LogP contribution is -2.52. The van der Waals surface area contributed by atoms with Crippen molar-refractivity contribution in [1.29, 1.82) is 0 Å². The molecule has 0 amide bonds. The summed E-state index contributed by atoms with van der Waals surface area (Å²) in [5, 5.41) is 0. The molecule has 1 heterocycles. The Morgan fingerprint density at radius 2 is 1.73 bits per heavy atom. The highest BCUT2D eigenvalue weighted by atomic mass is 19.4. The summed E-state index contributed by atoms with van der Waals surface area (Å²) in [6.45, 7) is 12.6.